The molecule has 0 saturated carbocycles. The number of halogens is 3. The minimum atomic E-state index is -4.23. The van der Waals surface area contributed by atoms with Crippen molar-refractivity contribution in [3.63, 3.8) is 0 Å². The van der Waals surface area contributed by atoms with E-state index in [4.69, 9.17) is 5.11 Å². The van der Waals surface area contributed by atoms with E-state index in [9.17, 15) is 13.2 Å². The molecule has 74 valence electrons. The predicted octanol–water partition coefficient (Wildman–Crippen LogP) is 1.30. The minimum Gasteiger partial charge on any atom is -0.392 e. The van der Waals surface area contributed by atoms with Crippen LogP contribution < -0.4 is 5.32 Å². The Morgan fingerprint density at radius 3 is 2.00 bits per heavy atom. The summed E-state index contributed by atoms with van der Waals surface area (Å²) in [6, 6.07) is 0. The summed E-state index contributed by atoms with van der Waals surface area (Å²) in [5.74, 6) is 0. The Morgan fingerprint density at radius 1 is 1.33 bits per heavy atom. The third kappa shape index (κ3) is 4.56. The SMILES string of the molecule is CC(O)C(C)(C)NCC(F)(F)F. The van der Waals surface area contributed by atoms with Crippen LogP contribution in [0.15, 0.2) is 0 Å². The second-order valence-corrected chi connectivity index (χ2v) is 3.37. The molecule has 2 N–H and O–H groups in total. The first-order valence-electron chi connectivity index (χ1n) is 3.65. The maximum Gasteiger partial charge on any atom is 0.401 e. The lowest BCUT2D eigenvalue weighted by Gasteiger charge is -2.29. The van der Waals surface area contributed by atoms with Gasteiger partial charge in [0.1, 0.15) is 0 Å². The van der Waals surface area contributed by atoms with Gasteiger partial charge in [0.25, 0.3) is 0 Å². The van der Waals surface area contributed by atoms with Gasteiger partial charge in [0, 0.05) is 5.54 Å². The smallest absolute Gasteiger partial charge is 0.392 e. The summed E-state index contributed by atoms with van der Waals surface area (Å²) in [6.45, 7) is 3.40. The van der Waals surface area contributed by atoms with Crippen LogP contribution in [-0.2, 0) is 0 Å². The average molecular weight is 185 g/mol. The fraction of sp³-hybridized carbons (Fsp3) is 1.00. The molecule has 0 fully saturated rings. The van der Waals surface area contributed by atoms with Crippen molar-refractivity contribution >= 4 is 0 Å². The summed E-state index contributed by atoms with van der Waals surface area (Å²) in [6.07, 6.45) is -5.05. The molecule has 0 aliphatic rings. The van der Waals surface area contributed by atoms with Crippen LogP contribution in [-0.4, -0.2) is 29.5 Å². The highest BCUT2D eigenvalue weighted by molar-refractivity contribution is 4.83. The average Bonchev–Trinajstić information content (AvgIpc) is 1.82. The van der Waals surface area contributed by atoms with Gasteiger partial charge in [0.05, 0.1) is 12.6 Å². The zero-order chi connectivity index (χ0) is 9.99. The third-order valence-electron chi connectivity index (χ3n) is 1.79. The van der Waals surface area contributed by atoms with Gasteiger partial charge in [-0.1, -0.05) is 0 Å². The van der Waals surface area contributed by atoms with Crippen molar-refractivity contribution in [2.24, 2.45) is 0 Å². The summed E-state index contributed by atoms with van der Waals surface area (Å²) in [5.41, 5.74) is -0.907. The molecule has 1 unspecified atom stereocenters. The number of aliphatic hydroxyl groups excluding tert-OH is 1. The zero-order valence-electron chi connectivity index (χ0n) is 7.37. The highest BCUT2D eigenvalue weighted by Gasteiger charge is 2.32. The molecular formula is C7H14F3NO. The summed E-state index contributed by atoms with van der Waals surface area (Å²) in [5, 5.41) is 11.3. The number of nitrogens with one attached hydrogen (secondary N) is 1. The van der Waals surface area contributed by atoms with Crippen LogP contribution in [0.3, 0.4) is 0 Å². The zero-order valence-corrected chi connectivity index (χ0v) is 7.37. The molecule has 0 radical (unpaired) electrons. The number of hydrogen-bond acceptors (Lipinski definition) is 2. The number of rotatable bonds is 3. The first-order chi connectivity index (χ1) is 5.15. The monoisotopic (exact) mass is 185 g/mol. The van der Waals surface area contributed by atoms with Gasteiger partial charge in [-0.25, -0.2) is 0 Å². The minimum absolute atomic E-state index is 0.820. The molecule has 1 atom stereocenters. The van der Waals surface area contributed by atoms with E-state index in [1.807, 2.05) is 0 Å². The van der Waals surface area contributed by atoms with Gasteiger partial charge in [-0.3, -0.25) is 0 Å². The van der Waals surface area contributed by atoms with Crippen molar-refractivity contribution in [1.82, 2.24) is 5.32 Å². The van der Waals surface area contributed by atoms with E-state index in [0.29, 0.717) is 0 Å². The van der Waals surface area contributed by atoms with Crippen molar-refractivity contribution in [3.8, 4) is 0 Å². The first-order valence-corrected chi connectivity index (χ1v) is 3.65. The van der Waals surface area contributed by atoms with E-state index in [1.165, 1.54) is 20.8 Å². The molecule has 0 aromatic carbocycles. The predicted molar refractivity (Wildman–Crippen MR) is 39.8 cm³/mol. The van der Waals surface area contributed by atoms with Gasteiger partial charge in [-0.2, -0.15) is 13.2 Å². The highest BCUT2D eigenvalue weighted by Crippen LogP contribution is 2.16. The quantitative estimate of drug-likeness (QED) is 0.694. The lowest BCUT2D eigenvalue weighted by molar-refractivity contribution is -0.130. The second kappa shape index (κ2) is 3.62. The molecule has 5 heteroatoms. The van der Waals surface area contributed by atoms with E-state index < -0.39 is 24.4 Å². The van der Waals surface area contributed by atoms with E-state index in [1.54, 1.807) is 0 Å². The highest BCUT2D eigenvalue weighted by atomic mass is 19.4. The molecule has 0 saturated heterocycles. The van der Waals surface area contributed by atoms with Crippen LogP contribution in [0.1, 0.15) is 20.8 Å². The molecule has 0 aliphatic heterocycles. The van der Waals surface area contributed by atoms with Crippen molar-refractivity contribution in [2.45, 2.75) is 38.6 Å². The second-order valence-electron chi connectivity index (χ2n) is 3.37. The summed E-state index contributed by atoms with van der Waals surface area (Å²) < 4.78 is 35.1. The summed E-state index contributed by atoms with van der Waals surface area (Å²) in [7, 11) is 0. The van der Waals surface area contributed by atoms with Gasteiger partial charge in [-0.05, 0) is 20.8 Å². The molecular weight excluding hydrogens is 171 g/mol. The molecule has 0 aliphatic carbocycles. The molecule has 2 nitrogen and oxygen atoms in total. The largest absolute Gasteiger partial charge is 0.401 e. The van der Waals surface area contributed by atoms with E-state index in [2.05, 4.69) is 5.32 Å². The maximum atomic E-state index is 11.7. The summed E-state index contributed by atoms with van der Waals surface area (Å²) in [4.78, 5) is 0. The molecule has 0 aromatic rings. The lowest BCUT2D eigenvalue weighted by atomic mass is 9.99. The Labute approximate surface area is 69.8 Å². The molecule has 12 heavy (non-hydrogen) atoms. The summed E-state index contributed by atoms with van der Waals surface area (Å²) >= 11 is 0. The molecule has 0 heterocycles. The molecule has 0 bridgehead atoms. The number of hydrogen-bond donors (Lipinski definition) is 2. The molecule has 0 spiro atoms. The normalized spacial score (nSPS) is 16.2. The standard InChI is InChI=1S/C7H14F3NO/c1-5(12)6(2,3)11-4-7(8,9)10/h5,11-12H,4H2,1-3H3. The third-order valence-corrected chi connectivity index (χ3v) is 1.79. The molecule has 0 amide bonds. The Hall–Kier alpha value is -0.290. The van der Waals surface area contributed by atoms with E-state index in [0.717, 1.165) is 0 Å². The van der Waals surface area contributed by atoms with Crippen molar-refractivity contribution in [3.05, 3.63) is 0 Å². The molecule has 0 aromatic heterocycles. The van der Waals surface area contributed by atoms with Crippen LogP contribution >= 0.6 is 0 Å². The fourth-order valence-electron chi connectivity index (χ4n) is 0.476. The van der Waals surface area contributed by atoms with Crippen molar-refractivity contribution in [1.29, 1.82) is 0 Å². The van der Waals surface area contributed by atoms with Gasteiger partial charge in [0.15, 0.2) is 0 Å². The Bertz CT molecular complexity index is 142. The van der Waals surface area contributed by atoms with E-state index >= 15 is 0 Å². The van der Waals surface area contributed by atoms with Crippen LogP contribution in [0.4, 0.5) is 13.2 Å². The van der Waals surface area contributed by atoms with E-state index in [-0.39, 0.29) is 0 Å². The van der Waals surface area contributed by atoms with Gasteiger partial charge < -0.3 is 10.4 Å². The van der Waals surface area contributed by atoms with Crippen molar-refractivity contribution in [2.75, 3.05) is 6.54 Å². The van der Waals surface area contributed by atoms with Gasteiger partial charge in [-0.15, -0.1) is 0 Å². The number of aliphatic hydroxyl groups is 1. The maximum absolute atomic E-state index is 11.7. The Kier molecular flexibility index (Phi) is 3.53. The topological polar surface area (TPSA) is 32.3 Å². The van der Waals surface area contributed by atoms with Crippen LogP contribution in [0, 0.1) is 0 Å². The van der Waals surface area contributed by atoms with Crippen LogP contribution in [0.2, 0.25) is 0 Å². The number of alkyl halides is 3. The van der Waals surface area contributed by atoms with Gasteiger partial charge >= 0.3 is 6.18 Å². The Balaban J connectivity index is 3.93. The molecule has 0 rings (SSSR count). The first kappa shape index (κ1) is 11.7. The van der Waals surface area contributed by atoms with Crippen LogP contribution in [0.25, 0.3) is 0 Å². The van der Waals surface area contributed by atoms with Gasteiger partial charge in [0.2, 0.25) is 0 Å². The van der Waals surface area contributed by atoms with Crippen LogP contribution in [0.5, 0.6) is 0 Å². The fourth-order valence-corrected chi connectivity index (χ4v) is 0.476. The van der Waals surface area contributed by atoms with Crippen molar-refractivity contribution < 1.29 is 18.3 Å². The Morgan fingerprint density at radius 2 is 1.75 bits per heavy atom. The lowest BCUT2D eigenvalue weighted by Crippen LogP contribution is -2.51.